The molecule has 2 aliphatic rings. The summed E-state index contributed by atoms with van der Waals surface area (Å²) >= 11 is 0. The maximum atomic E-state index is 13.7. The zero-order valence-corrected chi connectivity index (χ0v) is 39.4. The molecule has 0 saturated heterocycles. The average molecular weight is 835 g/mol. The molecule has 8 bridgehead atoms. The Morgan fingerprint density at radius 1 is 0.508 bits per heavy atom. The van der Waals surface area contributed by atoms with Gasteiger partial charge in [0, 0.05) is 44.3 Å². The molecule has 322 valence electrons. The number of rotatable bonds is 5. The lowest BCUT2D eigenvalue weighted by molar-refractivity contribution is 0.0527. The summed E-state index contributed by atoms with van der Waals surface area (Å²) in [6.07, 6.45) is 8.41. The number of benzene rings is 3. The molecule has 63 heavy (non-hydrogen) atoms. The highest BCUT2D eigenvalue weighted by Gasteiger charge is 2.26. The van der Waals surface area contributed by atoms with Crippen LogP contribution < -0.4 is 0 Å². The van der Waals surface area contributed by atoms with Crippen LogP contribution in [-0.4, -0.2) is 32.5 Å². The van der Waals surface area contributed by atoms with Gasteiger partial charge in [-0.2, -0.15) is 0 Å². The van der Waals surface area contributed by atoms with Gasteiger partial charge < -0.3 is 14.7 Å². The van der Waals surface area contributed by atoms with Crippen molar-refractivity contribution in [2.75, 3.05) is 6.61 Å². The summed E-state index contributed by atoms with van der Waals surface area (Å²) in [5.74, 6) is -0.378. The zero-order valence-electron chi connectivity index (χ0n) is 39.4. The van der Waals surface area contributed by atoms with Gasteiger partial charge in [0.1, 0.15) is 0 Å². The zero-order chi connectivity index (χ0) is 45.2. The second-order valence-electron chi connectivity index (χ2n) is 21.2. The predicted octanol–water partition coefficient (Wildman–Crippen LogP) is 15.0. The Bertz CT molecular complexity index is 2880. The summed E-state index contributed by atoms with van der Waals surface area (Å²) < 4.78 is 5.66. The van der Waals surface area contributed by atoms with Crippen LogP contribution in [-0.2, 0) is 26.4 Å². The lowest BCUT2D eigenvalue weighted by atomic mass is 9.78. The maximum absolute atomic E-state index is 13.7. The van der Waals surface area contributed by atoms with Crippen LogP contribution in [0.15, 0.2) is 91.0 Å². The third kappa shape index (κ3) is 8.73. The lowest BCUT2D eigenvalue weighted by Crippen LogP contribution is -2.16. The monoisotopic (exact) mass is 834 g/mol. The van der Waals surface area contributed by atoms with E-state index in [2.05, 4.69) is 184 Å². The number of nitrogens with one attached hydrogen (secondary N) is 2. The summed E-state index contributed by atoms with van der Waals surface area (Å²) in [7, 11) is 0. The first-order valence-corrected chi connectivity index (χ1v) is 22.3. The van der Waals surface area contributed by atoms with E-state index >= 15 is 0 Å². The van der Waals surface area contributed by atoms with Gasteiger partial charge in [-0.3, -0.25) is 0 Å². The molecule has 0 saturated carbocycles. The first-order chi connectivity index (χ1) is 29.6. The normalized spacial score (nSPS) is 13.2. The van der Waals surface area contributed by atoms with E-state index in [9.17, 15) is 4.79 Å². The predicted molar refractivity (Wildman–Crippen MR) is 266 cm³/mol. The van der Waals surface area contributed by atoms with Crippen LogP contribution in [0.1, 0.15) is 145 Å². The highest BCUT2D eigenvalue weighted by Crippen LogP contribution is 2.41. The molecule has 5 heterocycles. The SMILES string of the molecule is CCOC(=O)c1ccccc1-c1c2nc(c(-c3cc(C(C)(C)C)cc(C(C)(C)C)c3)c3ccc(cc4nc(c(-c5cc(C(C)(C)C)cc(C(C)(C)C)c5)c5ccc1[nH]5)C=C4)[nH]3)C=C2. The van der Waals surface area contributed by atoms with Crippen LogP contribution in [0.25, 0.3) is 79.8 Å². The molecule has 6 nitrogen and oxygen atoms in total. The van der Waals surface area contributed by atoms with E-state index in [1.54, 1.807) is 0 Å². The fraction of sp³-hybridized carbons (Fsp3) is 0.316. The minimum absolute atomic E-state index is 0.0867. The number of aromatic amines is 2. The third-order valence-electron chi connectivity index (χ3n) is 12.2. The van der Waals surface area contributed by atoms with Crippen molar-refractivity contribution < 1.29 is 9.53 Å². The smallest absolute Gasteiger partial charge is 0.338 e. The molecule has 6 heteroatoms. The molecule has 0 aliphatic carbocycles. The van der Waals surface area contributed by atoms with Crippen molar-refractivity contribution in [2.45, 2.75) is 112 Å². The summed E-state index contributed by atoms with van der Waals surface area (Å²) in [5, 5.41) is 0. The Morgan fingerprint density at radius 2 is 0.952 bits per heavy atom. The van der Waals surface area contributed by atoms with Crippen molar-refractivity contribution in [3.8, 4) is 33.4 Å². The quantitative estimate of drug-likeness (QED) is 0.169. The number of nitrogens with zero attached hydrogens (tertiary/aromatic N) is 2. The first kappa shape index (κ1) is 43.4. The third-order valence-corrected chi connectivity index (χ3v) is 12.2. The van der Waals surface area contributed by atoms with Gasteiger partial charge in [-0.15, -0.1) is 0 Å². The van der Waals surface area contributed by atoms with Gasteiger partial charge in [-0.1, -0.05) is 138 Å². The van der Waals surface area contributed by atoms with Gasteiger partial charge in [0.2, 0.25) is 0 Å². The average Bonchev–Trinajstić information content (AvgIpc) is 4.04. The highest BCUT2D eigenvalue weighted by molar-refractivity contribution is 6.04. The topological polar surface area (TPSA) is 83.7 Å². The molecular weight excluding hydrogens is 773 g/mol. The van der Waals surface area contributed by atoms with E-state index in [1.807, 2.05) is 31.2 Å². The van der Waals surface area contributed by atoms with E-state index in [0.717, 1.165) is 78.2 Å². The number of hydrogen-bond donors (Lipinski definition) is 2. The second kappa shape index (κ2) is 15.8. The largest absolute Gasteiger partial charge is 0.462 e. The van der Waals surface area contributed by atoms with Crippen LogP contribution in [0, 0.1) is 0 Å². The molecule has 0 amide bonds. The van der Waals surface area contributed by atoms with Crippen LogP contribution >= 0.6 is 0 Å². The molecule has 0 unspecified atom stereocenters. The van der Waals surface area contributed by atoms with Crippen LogP contribution in [0.3, 0.4) is 0 Å². The van der Waals surface area contributed by atoms with Crippen LogP contribution in [0.4, 0.5) is 0 Å². The summed E-state index contributed by atoms with van der Waals surface area (Å²) in [6, 6.07) is 32.3. The number of carbonyl (C=O) groups is 1. The number of H-pyrrole nitrogens is 2. The standard InChI is InChI=1S/C57H62N4O2/c1-14-63-53(62)43-18-16-15-17-42(43)52-48-25-23-46(60-48)50(34-27-36(54(2,3)4)31-37(28-34)55(5,6)7)44-21-19-40(58-44)33-41-20-22-45(59-41)51(47-24-26-49(52)61-47)35-29-38(56(8,9)10)32-39(30-35)57(11,12)13/h15-33,58,61H,14H2,1-13H3. The van der Waals surface area contributed by atoms with Gasteiger partial charge in [0.05, 0.1) is 34.9 Å². The van der Waals surface area contributed by atoms with Gasteiger partial charge >= 0.3 is 5.97 Å². The lowest BCUT2D eigenvalue weighted by Gasteiger charge is -2.26. The Labute approximate surface area is 373 Å². The van der Waals surface area contributed by atoms with E-state index in [1.165, 1.54) is 22.3 Å². The summed E-state index contributed by atoms with van der Waals surface area (Å²) in [5.41, 5.74) is 17.8. The summed E-state index contributed by atoms with van der Waals surface area (Å²) in [6.45, 7) is 29.3. The van der Waals surface area contributed by atoms with Crippen LogP contribution in [0.2, 0.25) is 0 Å². The Morgan fingerprint density at radius 3 is 1.48 bits per heavy atom. The van der Waals surface area contributed by atoms with Crippen molar-refractivity contribution in [1.82, 2.24) is 19.9 Å². The Balaban J connectivity index is 1.55. The van der Waals surface area contributed by atoms with E-state index < -0.39 is 0 Å². The summed E-state index contributed by atoms with van der Waals surface area (Å²) in [4.78, 5) is 32.2. The minimum atomic E-state index is -0.378. The minimum Gasteiger partial charge on any atom is -0.462 e. The van der Waals surface area contributed by atoms with Crippen molar-refractivity contribution in [1.29, 1.82) is 0 Å². The van der Waals surface area contributed by atoms with Crippen LogP contribution in [0.5, 0.6) is 0 Å². The molecule has 8 rings (SSSR count). The fourth-order valence-corrected chi connectivity index (χ4v) is 8.39. The molecule has 0 atom stereocenters. The number of aromatic nitrogens is 4. The molecule has 6 aromatic rings. The first-order valence-electron chi connectivity index (χ1n) is 22.3. The maximum Gasteiger partial charge on any atom is 0.338 e. The van der Waals surface area contributed by atoms with E-state index in [0.29, 0.717) is 5.56 Å². The van der Waals surface area contributed by atoms with Crippen molar-refractivity contribution in [3.63, 3.8) is 0 Å². The number of ether oxygens (including phenoxy) is 1. The van der Waals surface area contributed by atoms with Gasteiger partial charge in [0.25, 0.3) is 0 Å². The molecule has 2 N–H and O–H groups in total. The molecule has 2 aliphatic heterocycles. The van der Waals surface area contributed by atoms with Crippen molar-refractivity contribution in [3.05, 3.63) is 142 Å². The van der Waals surface area contributed by atoms with E-state index in [-0.39, 0.29) is 34.2 Å². The number of hydrogen-bond acceptors (Lipinski definition) is 4. The van der Waals surface area contributed by atoms with Gasteiger partial charge in [-0.25, -0.2) is 14.8 Å². The molecule has 0 fully saturated rings. The van der Waals surface area contributed by atoms with Gasteiger partial charge in [-0.05, 0) is 123 Å². The second-order valence-corrected chi connectivity index (χ2v) is 21.2. The molecule has 0 radical (unpaired) electrons. The molecule has 3 aromatic heterocycles. The molecule has 3 aromatic carbocycles. The number of carbonyl (C=O) groups excluding carboxylic acids is 1. The highest BCUT2D eigenvalue weighted by atomic mass is 16.5. The number of esters is 1. The van der Waals surface area contributed by atoms with Gasteiger partial charge in [0.15, 0.2) is 0 Å². The van der Waals surface area contributed by atoms with E-state index in [4.69, 9.17) is 14.7 Å². The van der Waals surface area contributed by atoms with Crippen molar-refractivity contribution in [2.24, 2.45) is 0 Å². The Kier molecular flexibility index (Phi) is 10.9. The molecular formula is C57H62N4O2. The molecule has 0 spiro atoms. The number of fused-ring (bicyclic) bond motifs is 8. The Hall–Kier alpha value is -6.27. The van der Waals surface area contributed by atoms with Crippen molar-refractivity contribution >= 4 is 52.3 Å². The fourth-order valence-electron chi connectivity index (χ4n) is 8.39.